The first-order valence-corrected chi connectivity index (χ1v) is 6.84. The summed E-state index contributed by atoms with van der Waals surface area (Å²) in [5.41, 5.74) is 0.875. The van der Waals surface area contributed by atoms with Crippen molar-refractivity contribution in [2.45, 2.75) is 6.61 Å². The van der Waals surface area contributed by atoms with Crippen molar-refractivity contribution in [1.82, 2.24) is 4.98 Å². The number of rotatable bonds is 5. The summed E-state index contributed by atoms with van der Waals surface area (Å²) in [6.07, 6.45) is 0. The van der Waals surface area contributed by atoms with Gasteiger partial charge in [-0.2, -0.15) is 0 Å². The molecular weight excluding hydrogens is 274 g/mol. The maximum absolute atomic E-state index is 10.2. The van der Waals surface area contributed by atoms with E-state index < -0.39 is 0 Å². The fourth-order valence-electron chi connectivity index (χ4n) is 1.81. The van der Waals surface area contributed by atoms with Crippen molar-refractivity contribution in [3.05, 3.63) is 53.5 Å². The molecule has 0 atom stereocenters. The molecule has 20 heavy (non-hydrogen) atoms. The lowest BCUT2D eigenvalue weighted by molar-refractivity contribution is -0.129. The Morgan fingerprint density at radius 3 is 2.75 bits per heavy atom. The van der Waals surface area contributed by atoms with E-state index in [4.69, 9.17) is 9.47 Å². The van der Waals surface area contributed by atoms with E-state index in [0.717, 1.165) is 26.7 Å². The molecule has 0 bridgehead atoms. The van der Waals surface area contributed by atoms with Crippen molar-refractivity contribution in [2.24, 2.45) is 0 Å². The number of thiazole rings is 1. The molecule has 2 aromatic carbocycles. The van der Waals surface area contributed by atoms with Crippen molar-refractivity contribution < 1.29 is 14.3 Å². The molecule has 0 N–H and O–H groups in total. The van der Waals surface area contributed by atoms with Crippen LogP contribution in [0.1, 0.15) is 5.01 Å². The Morgan fingerprint density at radius 1 is 1.10 bits per heavy atom. The number of nitrogens with zero attached hydrogens (tertiary/aromatic N) is 1. The monoisotopic (exact) mass is 285 g/mol. The molecule has 3 rings (SSSR count). The van der Waals surface area contributed by atoms with Gasteiger partial charge in [0.05, 0.1) is 10.2 Å². The summed E-state index contributed by atoms with van der Waals surface area (Å²) >= 11 is 1.49. The molecule has 0 saturated heterocycles. The van der Waals surface area contributed by atoms with Gasteiger partial charge >= 0.3 is 0 Å². The Morgan fingerprint density at radius 2 is 1.95 bits per heavy atom. The quantitative estimate of drug-likeness (QED) is 0.670. The molecule has 100 valence electrons. The van der Waals surface area contributed by atoms with Gasteiger partial charge in [-0.3, -0.25) is 4.79 Å². The number of para-hydroxylation sites is 1. The number of ether oxygens (including phenoxy) is 2. The molecule has 1 heterocycles. The lowest BCUT2D eigenvalue weighted by atomic mass is 10.3. The van der Waals surface area contributed by atoms with Crippen LogP contribution in [-0.2, 0) is 16.1 Å². The number of fused-ring (bicyclic) bond motifs is 1. The van der Waals surface area contributed by atoms with Gasteiger partial charge in [0.15, 0.2) is 0 Å². The van der Waals surface area contributed by atoms with Crippen molar-refractivity contribution in [1.29, 1.82) is 0 Å². The third-order valence-corrected chi connectivity index (χ3v) is 3.65. The molecule has 0 aliphatic rings. The summed E-state index contributed by atoms with van der Waals surface area (Å²) < 4.78 is 11.5. The number of benzene rings is 2. The molecule has 0 amide bonds. The van der Waals surface area contributed by atoms with Crippen LogP contribution in [0.2, 0.25) is 0 Å². The smallest absolute Gasteiger partial charge is 0.293 e. The highest BCUT2D eigenvalue weighted by Crippen LogP contribution is 2.29. The molecule has 0 unspecified atom stereocenters. The third-order valence-electron chi connectivity index (χ3n) is 2.66. The summed E-state index contributed by atoms with van der Waals surface area (Å²) in [4.78, 5) is 14.6. The van der Waals surface area contributed by atoms with Gasteiger partial charge in [-0.05, 0) is 24.3 Å². The van der Waals surface area contributed by atoms with Crippen LogP contribution in [0, 0.1) is 0 Å². The van der Waals surface area contributed by atoms with Crippen LogP contribution in [0.25, 0.3) is 10.2 Å². The average molecular weight is 285 g/mol. The van der Waals surface area contributed by atoms with Gasteiger partial charge < -0.3 is 9.47 Å². The minimum Gasteiger partial charge on any atom is -0.460 e. The van der Waals surface area contributed by atoms with Crippen molar-refractivity contribution in [2.75, 3.05) is 0 Å². The molecule has 0 saturated carbocycles. The zero-order valence-electron chi connectivity index (χ0n) is 10.5. The van der Waals surface area contributed by atoms with Crippen molar-refractivity contribution in [3.63, 3.8) is 0 Å². The first kappa shape index (κ1) is 12.6. The maximum atomic E-state index is 10.2. The lowest BCUT2D eigenvalue weighted by Crippen LogP contribution is -1.87. The van der Waals surface area contributed by atoms with E-state index in [9.17, 15) is 4.79 Å². The highest BCUT2D eigenvalue weighted by Gasteiger charge is 2.06. The minimum absolute atomic E-state index is 0.206. The lowest BCUT2D eigenvalue weighted by Gasteiger charge is -2.04. The highest BCUT2D eigenvalue weighted by molar-refractivity contribution is 7.18. The molecule has 5 heteroatoms. The van der Waals surface area contributed by atoms with Crippen LogP contribution < -0.4 is 4.74 Å². The topological polar surface area (TPSA) is 48.4 Å². The van der Waals surface area contributed by atoms with E-state index in [1.165, 1.54) is 11.3 Å². The van der Waals surface area contributed by atoms with E-state index in [-0.39, 0.29) is 6.61 Å². The van der Waals surface area contributed by atoms with Gasteiger partial charge in [-0.1, -0.05) is 18.2 Å². The normalized spacial score (nSPS) is 10.4. The second kappa shape index (κ2) is 5.71. The van der Waals surface area contributed by atoms with Crippen LogP contribution in [-0.4, -0.2) is 11.5 Å². The molecule has 4 nitrogen and oxygen atoms in total. The van der Waals surface area contributed by atoms with Gasteiger partial charge in [-0.15, -0.1) is 11.3 Å². The number of hydrogen-bond donors (Lipinski definition) is 0. The zero-order valence-corrected chi connectivity index (χ0v) is 11.3. The Hall–Kier alpha value is -2.40. The van der Waals surface area contributed by atoms with Gasteiger partial charge in [0.1, 0.15) is 23.1 Å². The summed E-state index contributed by atoms with van der Waals surface area (Å²) in [5.74, 6) is 1.55. The molecule has 0 aliphatic carbocycles. The van der Waals surface area contributed by atoms with Crippen LogP contribution in [0.15, 0.2) is 48.5 Å². The maximum Gasteiger partial charge on any atom is 0.293 e. The van der Waals surface area contributed by atoms with Crippen LogP contribution >= 0.6 is 11.3 Å². The number of aromatic nitrogens is 1. The average Bonchev–Trinajstić information content (AvgIpc) is 2.88. The first-order chi connectivity index (χ1) is 9.85. The minimum atomic E-state index is 0.206. The molecule has 3 aromatic rings. The predicted octanol–water partition coefficient (Wildman–Crippen LogP) is 3.76. The highest BCUT2D eigenvalue weighted by atomic mass is 32.1. The first-order valence-electron chi connectivity index (χ1n) is 6.03. The fourth-order valence-corrected chi connectivity index (χ4v) is 2.73. The zero-order chi connectivity index (χ0) is 13.8. The van der Waals surface area contributed by atoms with Crippen molar-refractivity contribution >= 4 is 28.0 Å². The second-order valence-corrected chi connectivity index (χ2v) is 5.17. The standard InChI is InChI=1S/C15H11NO3S/c17-10-18-9-15-16-13-7-6-12(8-14(13)20-15)19-11-4-2-1-3-5-11/h1-8,10H,9H2. The molecule has 0 fully saturated rings. The fraction of sp³-hybridized carbons (Fsp3) is 0.0667. The Kier molecular flexibility index (Phi) is 3.60. The van der Waals surface area contributed by atoms with Gasteiger partial charge in [-0.25, -0.2) is 4.98 Å². The number of carbonyl (C=O) groups excluding carboxylic acids is 1. The number of hydrogen-bond acceptors (Lipinski definition) is 5. The van der Waals surface area contributed by atoms with E-state index in [0.29, 0.717) is 6.47 Å². The molecule has 1 aromatic heterocycles. The van der Waals surface area contributed by atoms with Crippen LogP contribution in [0.4, 0.5) is 0 Å². The van der Waals surface area contributed by atoms with Crippen LogP contribution in [0.3, 0.4) is 0 Å². The van der Waals surface area contributed by atoms with Crippen LogP contribution in [0.5, 0.6) is 11.5 Å². The van der Waals surface area contributed by atoms with E-state index in [1.807, 2.05) is 48.5 Å². The Balaban J connectivity index is 1.84. The van der Waals surface area contributed by atoms with Crippen molar-refractivity contribution in [3.8, 4) is 11.5 Å². The SMILES string of the molecule is O=COCc1nc2ccc(Oc3ccccc3)cc2s1. The van der Waals surface area contributed by atoms with E-state index in [2.05, 4.69) is 4.98 Å². The van der Waals surface area contributed by atoms with Gasteiger partial charge in [0.25, 0.3) is 6.47 Å². The summed E-state index contributed by atoms with van der Waals surface area (Å²) in [6, 6.07) is 15.3. The Labute approximate surface area is 119 Å². The largest absolute Gasteiger partial charge is 0.460 e. The third kappa shape index (κ3) is 2.78. The molecule has 0 spiro atoms. The summed E-state index contributed by atoms with van der Waals surface area (Å²) in [7, 11) is 0. The van der Waals surface area contributed by atoms with Gasteiger partial charge in [0.2, 0.25) is 0 Å². The predicted molar refractivity (Wildman–Crippen MR) is 77.0 cm³/mol. The Bertz CT molecular complexity index is 724. The second-order valence-electron chi connectivity index (χ2n) is 4.06. The molecule has 0 aliphatic heterocycles. The summed E-state index contributed by atoms with van der Waals surface area (Å²) in [6.45, 7) is 0.633. The number of carbonyl (C=O) groups is 1. The van der Waals surface area contributed by atoms with Gasteiger partial charge in [0, 0.05) is 6.07 Å². The van der Waals surface area contributed by atoms with E-state index in [1.54, 1.807) is 0 Å². The molecule has 0 radical (unpaired) electrons. The summed E-state index contributed by atoms with van der Waals surface area (Å²) in [5, 5.41) is 0.768. The molecular formula is C15H11NO3S. The van der Waals surface area contributed by atoms with E-state index >= 15 is 0 Å².